The quantitative estimate of drug-likeness (QED) is 0.696. The van der Waals surface area contributed by atoms with Crippen molar-refractivity contribution in [2.24, 2.45) is 14.1 Å². The van der Waals surface area contributed by atoms with E-state index in [0.29, 0.717) is 10.8 Å². The molecule has 1 aromatic carbocycles. The highest BCUT2D eigenvalue weighted by Gasteiger charge is 2.13. The summed E-state index contributed by atoms with van der Waals surface area (Å²) in [5.41, 5.74) is -0.0566. The van der Waals surface area contributed by atoms with Crippen LogP contribution in [0, 0.1) is 6.92 Å². The lowest BCUT2D eigenvalue weighted by Gasteiger charge is -2.10. The van der Waals surface area contributed by atoms with Crippen molar-refractivity contribution in [2.75, 3.05) is 5.32 Å². The highest BCUT2D eigenvalue weighted by Crippen LogP contribution is 2.21. The number of nitrogens with one attached hydrogen (secondary N) is 1. The minimum Gasteiger partial charge on any atom is -0.471 e. The normalized spacial score (nSPS) is 10.7. The molecule has 0 fully saturated rings. The van der Waals surface area contributed by atoms with Crippen LogP contribution in [0.1, 0.15) is 16.1 Å². The Balaban J connectivity index is 1.70. The first-order valence-electron chi connectivity index (χ1n) is 8.27. The number of amides is 1. The van der Waals surface area contributed by atoms with Gasteiger partial charge in [0.25, 0.3) is 11.5 Å². The summed E-state index contributed by atoms with van der Waals surface area (Å²) in [5.74, 6) is 0.156. The number of aryl methyl sites for hydroxylation is 1. The van der Waals surface area contributed by atoms with Gasteiger partial charge in [-0.15, -0.1) is 0 Å². The first kappa shape index (κ1) is 19.4. The van der Waals surface area contributed by atoms with Gasteiger partial charge in [0, 0.05) is 31.4 Å². The van der Waals surface area contributed by atoms with Crippen molar-refractivity contribution in [1.82, 2.24) is 18.9 Å². The number of carbonyl (C=O) groups excluding carboxylic acids is 1. The van der Waals surface area contributed by atoms with Crippen molar-refractivity contribution in [1.29, 1.82) is 0 Å². The molecule has 2 heterocycles. The molecule has 3 aromatic rings. The molecule has 3 rings (SSSR count). The zero-order valence-corrected chi connectivity index (χ0v) is 16.2. The predicted octanol–water partition coefficient (Wildman–Crippen LogP) is 1.53. The Morgan fingerprint density at radius 2 is 1.93 bits per heavy atom. The Bertz CT molecular complexity index is 1160. The van der Waals surface area contributed by atoms with Gasteiger partial charge in [-0.3, -0.25) is 18.7 Å². The highest BCUT2D eigenvalue weighted by atomic mass is 35.5. The molecule has 0 radical (unpaired) electrons. The second kappa shape index (κ2) is 7.73. The molecule has 0 aliphatic rings. The monoisotopic (exact) mass is 403 g/mol. The Morgan fingerprint density at radius 1 is 1.18 bits per heavy atom. The van der Waals surface area contributed by atoms with Gasteiger partial charge in [0.15, 0.2) is 12.4 Å². The number of halogens is 1. The Hall–Kier alpha value is -3.33. The molecule has 0 bridgehead atoms. The molecule has 0 saturated heterocycles. The SMILES string of the molecule is Cc1cc(OCn2ccc(C(=O)Nc3cc(=O)n(C)c(=O)n3C)n2)ccc1Cl. The van der Waals surface area contributed by atoms with E-state index < -0.39 is 17.2 Å². The fourth-order valence-electron chi connectivity index (χ4n) is 2.44. The average Bonchev–Trinajstić information content (AvgIpc) is 3.14. The van der Waals surface area contributed by atoms with Gasteiger partial charge in [0.05, 0.1) is 0 Å². The van der Waals surface area contributed by atoms with Crippen molar-refractivity contribution < 1.29 is 9.53 Å². The van der Waals surface area contributed by atoms with Crippen LogP contribution in [0.5, 0.6) is 5.75 Å². The van der Waals surface area contributed by atoms with Gasteiger partial charge >= 0.3 is 5.69 Å². The summed E-state index contributed by atoms with van der Waals surface area (Å²) >= 11 is 5.98. The third-order valence-corrected chi connectivity index (χ3v) is 4.56. The maximum absolute atomic E-state index is 12.4. The molecule has 2 aromatic heterocycles. The van der Waals surface area contributed by atoms with Crippen molar-refractivity contribution >= 4 is 23.3 Å². The van der Waals surface area contributed by atoms with Crippen molar-refractivity contribution in [3.05, 3.63) is 73.6 Å². The standard InChI is InChI=1S/C18H18ClN5O4/c1-11-8-12(4-5-13(11)19)28-10-24-7-6-14(21-24)17(26)20-15-9-16(25)23(3)18(27)22(15)2/h4-9H,10H2,1-3H3,(H,20,26). The maximum atomic E-state index is 12.4. The van der Waals surface area contributed by atoms with Crippen molar-refractivity contribution in [3.8, 4) is 5.75 Å². The van der Waals surface area contributed by atoms with Crippen LogP contribution in [0.2, 0.25) is 5.02 Å². The lowest BCUT2D eigenvalue weighted by atomic mass is 10.2. The Kier molecular flexibility index (Phi) is 5.36. The fraction of sp³-hybridized carbons (Fsp3) is 0.222. The Labute approximate surface area is 164 Å². The predicted molar refractivity (Wildman–Crippen MR) is 104 cm³/mol. The molecule has 0 spiro atoms. The number of ether oxygens (including phenoxy) is 1. The molecule has 0 saturated carbocycles. The topological polar surface area (TPSA) is 100 Å². The van der Waals surface area contributed by atoms with Gasteiger partial charge < -0.3 is 10.1 Å². The molecule has 9 nitrogen and oxygen atoms in total. The summed E-state index contributed by atoms with van der Waals surface area (Å²) in [6, 6.07) is 7.95. The molecular formula is C18H18ClN5O4. The lowest BCUT2D eigenvalue weighted by Crippen LogP contribution is -2.38. The smallest absolute Gasteiger partial charge is 0.332 e. The number of hydrogen-bond acceptors (Lipinski definition) is 5. The zero-order chi connectivity index (χ0) is 20.4. The van der Waals surface area contributed by atoms with E-state index in [9.17, 15) is 14.4 Å². The van der Waals surface area contributed by atoms with E-state index >= 15 is 0 Å². The van der Waals surface area contributed by atoms with E-state index in [2.05, 4.69) is 10.4 Å². The van der Waals surface area contributed by atoms with E-state index in [1.54, 1.807) is 24.4 Å². The molecule has 146 valence electrons. The minimum atomic E-state index is -0.552. The average molecular weight is 404 g/mol. The van der Waals surface area contributed by atoms with Crippen LogP contribution >= 0.6 is 11.6 Å². The minimum absolute atomic E-state index is 0.0838. The summed E-state index contributed by atoms with van der Waals surface area (Å²) in [5, 5.41) is 7.30. The van der Waals surface area contributed by atoms with Crippen LogP contribution < -0.4 is 21.3 Å². The molecule has 0 aliphatic heterocycles. The second-order valence-corrected chi connectivity index (χ2v) is 6.55. The molecule has 1 amide bonds. The zero-order valence-electron chi connectivity index (χ0n) is 15.5. The van der Waals surface area contributed by atoms with E-state index in [4.69, 9.17) is 16.3 Å². The summed E-state index contributed by atoms with van der Waals surface area (Å²) in [6.07, 6.45) is 1.58. The number of carbonyl (C=O) groups is 1. The van der Waals surface area contributed by atoms with Crippen LogP contribution in [0.15, 0.2) is 46.1 Å². The molecule has 0 atom stereocenters. The highest BCUT2D eigenvalue weighted by molar-refractivity contribution is 6.31. The molecule has 28 heavy (non-hydrogen) atoms. The lowest BCUT2D eigenvalue weighted by molar-refractivity contribution is 0.101. The summed E-state index contributed by atoms with van der Waals surface area (Å²) in [6.45, 7) is 1.97. The van der Waals surface area contributed by atoms with Crippen molar-refractivity contribution in [2.45, 2.75) is 13.7 Å². The van der Waals surface area contributed by atoms with Crippen molar-refractivity contribution in [3.63, 3.8) is 0 Å². The molecular weight excluding hydrogens is 386 g/mol. The van der Waals surface area contributed by atoms with Gasteiger partial charge in [-0.05, 0) is 36.8 Å². The number of hydrogen-bond donors (Lipinski definition) is 1. The largest absolute Gasteiger partial charge is 0.471 e. The maximum Gasteiger partial charge on any atom is 0.332 e. The summed E-state index contributed by atoms with van der Waals surface area (Å²) < 4.78 is 9.18. The number of nitrogens with zero attached hydrogens (tertiary/aromatic N) is 4. The molecule has 10 heteroatoms. The van der Waals surface area contributed by atoms with Gasteiger partial charge in [-0.2, -0.15) is 5.10 Å². The van der Waals surface area contributed by atoms with Gasteiger partial charge in [0.1, 0.15) is 11.6 Å². The van der Waals surface area contributed by atoms with E-state index in [0.717, 1.165) is 10.1 Å². The second-order valence-electron chi connectivity index (χ2n) is 6.15. The number of aromatic nitrogens is 4. The Morgan fingerprint density at radius 3 is 2.64 bits per heavy atom. The molecule has 0 unspecified atom stereocenters. The van der Waals surface area contributed by atoms with Crippen LogP contribution in [-0.2, 0) is 20.8 Å². The summed E-state index contributed by atoms with van der Waals surface area (Å²) in [4.78, 5) is 36.1. The third-order valence-electron chi connectivity index (χ3n) is 4.13. The van der Waals surface area contributed by atoms with E-state index in [1.807, 2.05) is 6.92 Å². The number of anilines is 1. The van der Waals surface area contributed by atoms with Crippen LogP contribution in [0.4, 0.5) is 5.82 Å². The van der Waals surface area contributed by atoms with Gasteiger partial charge in [-0.1, -0.05) is 11.6 Å². The van der Waals surface area contributed by atoms with Gasteiger partial charge in [-0.25, -0.2) is 9.48 Å². The third kappa shape index (κ3) is 3.99. The summed E-state index contributed by atoms with van der Waals surface area (Å²) in [7, 11) is 2.82. The number of benzene rings is 1. The van der Waals surface area contributed by atoms with Gasteiger partial charge in [0.2, 0.25) is 0 Å². The van der Waals surface area contributed by atoms with Crippen LogP contribution in [0.25, 0.3) is 0 Å². The van der Waals surface area contributed by atoms with Crippen LogP contribution in [0.3, 0.4) is 0 Å². The van der Waals surface area contributed by atoms with E-state index in [-0.39, 0.29) is 18.2 Å². The first-order valence-corrected chi connectivity index (χ1v) is 8.65. The molecule has 0 aliphatic carbocycles. The molecule has 1 N–H and O–H groups in total. The number of rotatable bonds is 5. The van der Waals surface area contributed by atoms with E-state index in [1.165, 1.54) is 35.5 Å². The first-order chi connectivity index (χ1) is 13.3. The fourth-order valence-corrected chi connectivity index (χ4v) is 2.55. The van der Waals surface area contributed by atoms with Crippen LogP contribution in [-0.4, -0.2) is 24.8 Å².